The highest BCUT2D eigenvalue weighted by atomic mass is 16.6. The zero-order valence-electron chi connectivity index (χ0n) is 8.53. The van der Waals surface area contributed by atoms with Crippen LogP contribution in [0.15, 0.2) is 12.1 Å². The summed E-state index contributed by atoms with van der Waals surface area (Å²) in [5.41, 5.74) is 12.6. The van der Waals surface area contributed by atoms with Gasteiger partial charge in [0.25, 0.3) is 0 Å². The van der Waals surface area contributed by atoms with Crippen LogP contribution in [0.4, 0.5) is 11.4 Å². The molecule has 1 heterocycles. The Kier molecular flexibility index (Phi) is 2.55. The molecule has 4 N–H and O–H groups in total. The molecule has 0 spiro atoms. The third kappa shape index (κ3) is 1.78. The molecule has 1 aliphatic heterocycles. The van der Waals surface area contributed by atoms with Gasteiger partial charge in [0.05, 0.1) is 18.0 Å². The summed E-state index contributed by atoms with van der Waals surface area (Å²) >= 11 is 0. The number of ether oxygens (including phenoxy) is 3. The minimum absolute atomic E-state index is 0.133. The molecular formula is C10H14N2O3. The topological polar surface area (TPSA) is 79.7 Å². The lowest BCUT2D eigenvalue weighted by molar-refractivity contribution is 0.0283. The van der Waals surface area contributed by atoms with Gasteiger partial charge in [-0.15, -0.1) is 0 Å². The summed E-state index contributed by atoms with van der Waals surface area (Å²) in [7, 11) is 1.61. The van der Waals surface area contributed by atoms with Gasteiger partial charge in [-0.1, -0.05) is 0 Å². The van der Waals surface area contributed by atoms with Crippen molar-refractivity contribution < 1.29 is 14.2 Å². The standard InChI is InChI=1S/C10H14N2O3/c1-13-4-6-5-14-9-7(11)2-3-8(12)10(9)15-6/h2-3,6H,4-5,11-12H2,1H3/t6-/m1/s1. The van der Waals surface area contributed by atoms with Crippen molar-refractivity contribution in [2.75, 3.05) is 31.8 Å². The lowest BCUT2D eigenvalue weighted by atomic mass is 10.2. The van der Waals surface area contributed by atoms with E-state index in [1.54, 1.807) is 19.2 Å². The third-order valence-electron chi connectivity index (χ3n) is 2.22. The first-order valence-corrected chi connectivity index (χ1v) is 4.68. The Balaban J connectivity index is 2.28. The summed E-state index contributed by atoms with van der Waals surface area (Å²) in [4.78, 5) is 0. The highest BCUT2D eigenvalue weighted by Crippen LogP contribution is 2.41. The second-order valence-corrected chi connectivity index (χ2v) is 3.41. The van der Waals surface area contributed by atoms with Gasteiger partial charge in [-0.25, -0.2) is 0 Å². The summed E-state index contributed by atoms with van der Waals surface area (Å²) < 4.78 is 16.1. The molecule has 0 bridgehead atoms. The van der Waals surface area contributed by atoms with Crippen molar-refractivity contribution in [1.82, 2.24) is 0 Å². The van der Waals surface area contributed by atoms with Crippen LogP contribution in [-0.4, -0.2) is 26.4 Å². The Morgan fingerprint density at radius 2 is 2.00 bits per heavy atom. The molecule has 1 aliphatic rings. The zero-order chi connectivity index (χ0) is 10.8. The van der Waals surface area contributed by atoms with Crippen molar-refractivity contribution >= 4 is 11.4 Å². The molecule has 0 radical (unpaired) electrons. The van der Waals surface area contributed by atoms with Crippen LogP contribution in [0.1, 0.15) is 0 Å². The van der Waals surface area contributed by atoms with Crippen molar-refractivity contribution in [2.45, 2.75) is 6.10 Å². The Hall–Kier alpha value is -1.62. The van der Waals surface area contributed by atoms with Crippen LogP contribution in [0.3, 0.4) is 0 Å². The highest BCUT2D eigenvalue weighted by Gasteiger charge is 2.24. The SMILES string of the molecule is COC[C@@H]1COc2c(N)ccc(N)c2O1. The molecule has 0 aliphatic carbocycles. The van der Waals surface area contributed by atoms with E-state index >= 15 is 0 Å². The zero-order valence-corrected chi connectivity index (χ0v) is 8.53. The van der Waals surface area contributed by atoms with E-state index < -0.39 is 0 Å². The van der Waals surface area contributed by atoms with E-state index in [1.807, 2.05) is 0 Å². The van der Waals surface area contributed by atoms with E-state index in [9.17, 15) is 0 Å². The van der Waals surface area contributed by atoms with Crippen LogP contribution < -0.4 is 20.9 Å². The molecule has 0 amide bonds. The van der Waals surface area contributed by atoms with Gasteiger partial charge in [0.15, 0.2) is 17.6 Å². The summed E-state index contributed by atoms with van der Waals surface area (Å²) in [6, 6.07) is 3.40. The van der Waals surface area contributed by atoms with Gasteiger partial charge in [0.2, 0.25) is 0 Å². The molecule has 0 aromatic heterocycles. The molecule has 15 heavy (non-hydrogen) atoms. The van der Waals surface area contributed by atoms with E-state index in [-0.39, 0.29) is 6.10 Å². The van der Waals surface area contributed by atoms with Gasteiger partial charge in [-0.3, -0.25) is 0 Å². The van der Waals surface area contributed by atoms with E-state index in [0.29, 0.717) is 36.1 Å². The number of benzene rings is 1. The molecule has 0 unspecified atom stereocenters. The number of anilines is 2. The van der Waals surface area contributed by atoms with Gasteiger partial charge < -0.3 is 25.7 Å². The van der Waals surface area contributed by atoms with Crippen LogP contribution >= 0.6 is 0 Å². The number of methoxy groups -OCH3 is 1. The number of rotatable bonds is 2. The lowest BCUT2D eigenvalue weighted by Gasteiger charge is -2.27. The first-order chi connectivity index (χ1) is 7.22. The molecule has 0 fully saturated rings. The average molecular weight is 210 g/mol. The van der Waals surface area contributed by atoms with Crippen LogP contribution in [0.5, 0.6) is 11.5 Å². The Labute approximate surface area is 87.9 Å². The maximum absolute atomic E-state index is 5.77. The lowest BCUT2D eigenvalue weighted by Crippen LogP contribution is -2.33. The molecule has 0 saturated heterocycles. The van der Waals surface area contributed by atoms with Crippen molar-refractivity contribution in [2.24, 2.45) is 0 Å². The molecule has 5 heteroatoms. The van der Waals surface area contributed by atoms with Crippen molar-refractivity contribution in [3.05, 3.63) is 12.1 Å². The number of hydrogen-bond donors (Lipinski definition) is 2. The predicted octanol–water partition coefficient (Wildman–Crippen LogP) is 0.637. The third-order valence-corrected chi connectivity index (χ3v) is 2.22. The first-order valence-electron chi connectivity index (χ1n) is 4.68. The summed E-state index contributed by atoms with van der Waals surface area (Å²) in [6.07, 6.45) is -0.133. The van der Waals surface area contributed by atoms with E-state index in [4.69, 9.17) is 25.7 Å². The maximum atomic E-state index is 5.77. The second-order valence-electron chi connectivity index (χ2n) is 3.41. The Morgan fingerprint density at radius 3 is 2.67 bits per heavy atom. The molecule has 1 aromatic rings. The van der Waals surface area contributed by atoms with Gasteiger partial charge in [-0.2, -0.15) is 0 Å². The fourth-order valence-corrected chi connectivity index (χ4v) is 1.51. The van der Waals surface area contributed by atoms with Gasteiger partial charge in [-0.05, 0) is 12.1 Å². The van der Waals surface area contributed by atoms with Crippen molar-refractivity contribution in [1.29, 1.82) is 0 Å². The predicted molar refractivity (Wildman–Crippen MR) is 57.1 cm³/mol. The molecule has 82 valence electrons. The molecule has 2 rings (SSSR count). The Bertz CT molecular complexity index is 368. The fourth-order valence-electron chi connectivity index (χ4n) is 1.51. The molecule has 1 atom stereocenters. The Morgan fingerprint density at radius 1 is 1.33 bits per heavy atom. The maximum Gasteiger partial charge on any atom is 0.186 e. The van der Waals surface area contributed by atoms with Crippen LogP contribution in [-0.2, 0) is 4.74 Å². The molecule has 0 saturated carbocycles. The molecule has 5 nitrogen and oxygen atoms in total. The second kappa shape index (κ2) is 3.86. The van der Waals surface area contributed by atoms with Crippen LogP contribution in [0.2, 0.25) is 0 Å². The minimum Gasteiger partial charge on any atom is -0.484 e. The van der Waals surface area contributed by atoms with Gasteiger partial charge in [0, 0.05) is 7.11 Å². The monoisotopic (exact) mass is 210 g/mol. The van der Waals surface area contributed by atoms with Crippen LogP contribution in [0, 0.1) is 0 Å². The normalized spacial score (nSPS) is 18.9. The number of nitrogen functional groups attached to an aromatic ring is 2. The molecular weight excluding hydrogens is 196 g/mol. The number of nitrogens with two attached hydrogens (primary N) is 2. The fraction of sp³-hybridized carbons (Fsp3) is 0.400. The number of fused-ring (bicyclic) bond motifs is 1. The first kappa shape index (κ1) is 9.92. The van der Waals surface area contributed by atoms with Gasteiger partial charge >= 0.3 is 0 Å². The van der Waals surface area contributed by atoms with Crippen LogP contribution in [0.25, 0.3) is 0 Å². The quantitative estimate of drug-likeness (QED) is 0.700. The number of hydrogen-bond acceptors (Lipinski definition) is 5. The summed E-state index contributed by atoms with van der Waals surface area (Å²) in [6.45, 7) is 0.891. The smallest absolute Gasteiger partial charge is 0.186 e. The highest BCUT2D eigenvalue weighted by molar-refractivity contribution is 5.71. The molecule has 1 aromatic carbocycles. The van der Waals surface area contributed by atoms with Gasteiger partial charge in [0.1, 0.15) is 6.61 Å². The van der Waals surface area contributed by atoms with Crippen molar-refractivity contribution in [3.63, 3.8) is 0 Å². The van der Waals surface area contributed by atoms with E-state index in [1.165, 1.54) is 0 Å². The average Bonchev–Trinajstić information content (AvgIpc) is 2.24. The van der Waals surface area contributed by atoms with Crippen molar-refractivity contribution in [3.8, 4) is 11.5 Å². The largest absolute Gasteiger partial charge is 0.484 e. The van der Waals surface area contributed by atoms with E-state index in [2.05, 4.69) is 0 Å². The minimum atomic E-state index is -0.133. The summed E-state index contributed by atoms with van der Waals surface area (Å²) in [5, 5.41) is 0. The summed E-state index contributed by atoms with van der Waals surface area (Å²) in [5.74, 6) is 1.05. The van der Waals surface area contributed by atoms with E-state index in [0.717, 1.165) is 0 Å².